The fraction of sp³-hybridized carbons (Fsp3) is 0.250. The summed E-state index contributed by atoms with van der Waals surface area (Å²) >= 11 is 0. The molecule has 1 aliphatic rings. The fourth-order valence-corrected chi connectivity index (χ4v) is 4.42. The van der Waals surface area contributed by atoms with Crippen LogP contribution in [0.3, 0.4) is 0 Å². The molecule has 4 rings (SSSR count). The molecule has 0 amide bonds. The minimum Gasteiger partial charge on any atom is -0.494 e. The number of sulfonamides is 1. The molecule has 7 nitrogen and oxygen atoms in total. The summed E-state index contributed by atoms with van der Waals surface area (Å²) in [4.78, 5) is 0.113. The van der Waals surface area contributed by atoms with Gasteiger partial charge in [-0.3, -0.25) is 0 Å². The van der Waals surface area contributed by atoms with Gasteiger partial charge in [-0.05, 0) is 36.2 Å². The zero-order valence-corrected chi connectivity index (χ0v) is 16.3. The summed E-state index contributed by atoms with van der Waals surface area (Å²) in [5.74, 6) is 0.616. The molecule has 0 saturated carbocycles. The van der Waals surface area contributed by atoms with Crippen LogP contribution in [0.2, 0.25) is 0 Å². The van der Waals surface area contributed by atoms with Crippen molar-refractivity contribution in [1.29, 1.82) is 0 Å². The van der Waals surface area contributed by atoms with Crippen LogP contribution in [-0.4, -0.2) is 38.4 Å². The topological polar surface area (TPSA) is 85.2 Å². The molecule has 0 fully saturated rings. The van der Waals surface area contributed by atoms with Crippen molar-refractivity contribution in [3.8, 4) is 11.4 Å². The van der Waals surface area contributed by atoms with Crippen LogP contribution in [0, 0.1) is 0 Å². The quantitative estimate of drug-likeness (QED) is 0.664. The van der Waals surface area contributed by atoms with Crippen LogP contribution in [0.1, 0.15) is 17.2 Å². The van der Waals surface area contributed by atoms with Gasteiger partial charge < -0.3 is 10.1 Å². The molecule has 0 saturated heterocycles. The second-order valence-corrected chi connectivity index (χ2v) is 8.37. The van der Waals surface area contributed by atoms with E-state index in [1.165, 1.54) is 22.6 Å². The summed E-state index contributed by atoms with van der Waals surface area (Å²) in [7, 11) is -2.12. The van der Waals surface area contributed by atoms with Gasteiger partial charge in [0.25, 0.3) is 0 Å². The molecular formula is C20H22N4O3S. The first-order chi connectivity index (χ1) is 13.6. The van der Waals surface area contributed by atoms with Gasteiger partial charge in [0.1, 0.15) is 16.3 Å². The summed E-state index contributed by atoms with van der Waals surface area (Å²) in [5, 5.41) is 7.58. The Labute approximate surface area is 164 Å². The van der Waals surface area contributed by atoms with Crippen molar-refractivity contribution in [2.45, 2.75) is 17.4 Å². The maximum atomic E-state index is 12.8. The second-order valence-electron chi connectivity index (χ2n) is 6.60. The number of fused-ring (bicyclic) bond motifs is 1. The summed E-state index contributed by atoms with van der Waals surface area (Å²) < 4.78 is 35.1. The lowest BCUT2D eigenvalue weighted by atomic mass is 9.95. The number of benzene rings is 2. The van der Waals surface area contributed by atoms with Gasteiger partial charge >= 0.3 is 0 Å². The number of hydrogen-bond acceptors (Lipinski definition) is 5. The number of nitrogens with zero attached hydrogens (tertiary/aromatic N) is 2. The van der Waals surface area contributed by atoms with Gasteiger partial charge in [0, 0.05) is 12.6 Å². The van der Waals surface area contributed by atoms with Gasteiger partial charge in [0.2, 0.25) is 10.0 Å². The Balaban J connectivity index is 1.52. The normalized spacial score (nSPS) is 16.5. The third-order valence-corrected chi connectivity index (χ3v) is 6.27. The molecule has 0 spiro atoms. The van der Waals surface area contributed by atoms with Gasteiger partial charge in [-0.2, -0.15) is 5.10 Å². The Morgan fingerprint density at radius 3 is 2.86 bits per heavy atom. The molecule has 8 heteroatoms. The van der Waals surface area contributed by atoms with Gasteiger partial charge in [0.05, 0.1) is 19.5 Å². The number of para-hydroxylation sites is 2. The average Bonchev–Trinajstić information content (AvgIpc) is 3.23. The van der Waals surface area contributed by atoms with E-state index in [-0.39, 0.29) is 17.5 Å². The standard InChI is InChI=1S/C20H22N4O3S/c1-27-20-9-5-4-8-19(20)24-14-16(12-22-24)28(25,26)23-13-18-17-7-3-2-6-15(17)10-11-21-18/h2-9,12,14,18,21,23H,10-11,13H2,1H3. The monoisotopic (exact) mass is 398 g/mol. The molecule has 146 valence electrons. The van der Waals surface area contributed by atoms with E-state index in [0.717, 1.165) is 18.5 Å². The molecule has 2 N–H and O–H groups in total. The average molecular weight is 398 g/mol. The molecule has 1 unspecified atom stereocenters. The molecule has 3 aromatic rings. The first-order valence-corrected chi connectivity index (χ1v) is 10.6. The van der Waals surface area contributed by atoms with Crippen molar-refractivity contribution in [2.75, 3.05) is 20.2 Å². The van der Waals surface area contributed by atoms with Crippen molar-refractivity contribution in [3.63, 3.8) is 0 Å². The number of rotatable bonds is 6. The number of aromatic nitrogens is 2. The van der Waals surface area contributed by atoms with E-state index in [1.807, 2.05) is 36.4 Å². The minimum absolute atomic E-state index is 0.0519. The lowest BCUT2D eigenvalue weighted by Crippen LogP contribution is -2.38. The Morgan fingerprint density at radius 2 is 2.00 bits per heavy atom. The highest BCUT2D eigenvalue weighted by Crippen LogP contribution is 2.24. The van der Waals surface area contributed by atoms with E-state index in [9.17, 15) is 8.42 Å². The molecule has 1 atom stereocenters. The van der Waals surface area contributed by atoms with Crippen LogP contribution in [0.15, 0.2) is 65.8 Å². The molecule has 2 heterocycles. The third kappa shape index (κ3) is 3.66. The van der Waals surface area contributed by atoms with Gasteiger partial charge in [-0.15, -0.1) is 0 Å². The fourth-order valence-electron chi connectivity index (χ4n) is 3.45. The summed E-state index contributed by atoms with van der Waals surface area (Å²) in [6.45, 7) is 1.11. The van der Waals surface area contributed by atoms with Crippen LogP contribution in [0.25, 0.3) is 5.69 Å². The van der Waals surface area contributed by atoms with Gasteiger partial charge in [-0.25, -0.2) is 17.8 Å². The zero-order chi connectivity index (χ0) is 19.6. The number of ether oxygens (including phenoxy) is 1. The molecule has 0 radical (unpaired) electrons. The molecule has 0 bridgehead atoms. The predicted octanol–water partition coefficient (Wildman–Crippen LogP) is 2.05. The maximum Gasteiger partial charge on any atom is 0.243 e. The highest BCUT2D eigenvalue weighted by Gasteiger charge is 2.23. The number of methoxy groups -OCH3 is 1. The minimum atomic E-state index is -3.68. The zero-order valence-electron chi connectivity index (χ0n) is 15.5. The SMILES string of the molecule is COc1ccccc1-n1cc(S(=O)(=O)NCC2NCCc3ccccc32)cn1. The third-order valence-electron chi connectivity index (χ3n) is 4.89. The highest BCUT2D eigenvalue weighted by molar-refractivity contribution is 7.89. The largest absolute Gasteiger partial charge is 0.494 e. The van der Waals surface area contributed by atoms with Crippen LogP contribution in [0.4, 0.5) is 0 Å². The number of nitrogens with one attached hydrogen (secondary N) is 2. The Hall–Kier alpha value is -2.68. The number of hydrogen-bond donors (Lipinski definition) is 2. The molecule has 2 aromatic carbocycles. The summed E-state index contributed by atoms with van der Waals surface area (Å²) in [6, 6.07) is 15.4. The van der Waals surface area contributed by atoms with Crippen LogP contribution < -0.4 is 14.8 Å². The molecule has 28 heavy (non-hydrogen) atoms. The molecule has 1 aliphatic heterocycles. The van der Waals surface area contributed by atoms with E-state index in [4.69, 9.17) is 4.74 Å². The molecule has 0 aliphatic carbocycles. The first-order valence-electron chi connectivity index (χ1n) is 9.07. The Morgan fingerprint density at radius 1 is 1.21 bits per heavy atom. The smallest absolute Gasteiger partial charge is 0.243 e. The van der Waals surface area contributed by atoms with Crippen LogP contribution in [-0.2, 0) is 16.4 Å². The van der Waals surface area contributed by atoms with E-state index in [2.05, 4.69) is 21.2 Å². The van der Waals surface area contributed by atoms with E-state index in [1.54, 1.807) is 13.2 Å². The molecular weight excluding hydrogens is 376 g/mol. The lowest BCUT2D eigenvalue weighted by Gasteiger charge is -2.27. The van der Waals surface area contributed by atoms with Gasteiger partial charge in [-0.1, -0.05) is 36.4 Å². The second kappa shape index (κ2) is 7.75. The van der Waals surface area contributed by atoms with E-state index < -0.39 is 10.0 Å². The van der Waals surface area contributed by atoms with Crippen LogP contribution in [0.5, 0.6) is 5.75 Å². The van der Waals surface area contributed by atoms with Crippen molar-refractivity contribution in [1.82, 2.24) is 19.8 Å². The predicted molar refractivity (Wildman–Crippen MR) is 106 cm³/mol. The maximum absolute atomic E-state index is 12.8. The van der Waals surface area contributed by atoms with Crippen LogP contribution >= 0.6 is 0 Å². The van der Waals surface area contributed by atoms with Crippen molar-refractivity contribution in [2.24, 2.45) is 0 Å². The van der Waals surface area contributed by atoms with E-state index >= 15 is 0 Å². The lowest BCUT2D eigenvalue weighted by molar-refractivity contribution is 0.411. The Bertz CT molecular complexity index is 1080. The van der Waals surface area contributed by atoms with Crippen molar-refractivity contribution >= 4 is 10.0 Å². The summed E-state index contributed by atoms with van der Waals surface area (Å²) in [5.41, 5.74) is 3.07. The first kappa shape index (κ1) is 18.7. The van der Waals surface area contributed by atoms with Crippen molar-refractivity contribution in [3.05, 3.63) is 72.1 Å². The summed E-state index contributed by atoms with van der Waals surface area (Å²) in [6.07, 6.45) is 3.78. The Kier molecular flexibility index (Phi) is 5.17. The highest BCUT2D eigenvalue weighted by atomic mass is 32.2. The van der Waals surface area contributed by atoms with Crippen molar-refractivity contribution < 1.29 is 13.2 Å². The van der Waals surface area contributed by atoms with E-state index in [0.29, 0.717) is 11.4 Å². The van der Waals surface area contributed by atoms with Gasteiger partial charge in [0.15, 0.2) is 0 Å². The molecule has 1 aromatic heterocycles.